The molecule has 0 aliphatic carbocycles. The van der Waals surface area contributed by atoms with Crippen LogP contribution in [-0.4, -0.2) is 13.1 Å². The molecule has 14 heavy (non-hydrogen) atoms. The van der Waals surface area contributed by atoms with Crippen molar-refractivity contribution in [3.8, 4) is 0 Å². The summed E-state index contributed by atoms with van der Waals surface area (Å²) in [4.78, 5) is 0. The molecule has 1 aromatic carbocycles. The molecule has 1 nitrogen and oxygen atoms in total. The first-order valence-corrected chi connectivity index (χ1v) is 5.62. The lowest BCUT2D eigenvalue weighted by Crippen LogP contribution is -2.28. The van der Waals surface area contributed by atoms with Gasteiger partial charge < -0.3 is 5.32 Å². The van der Waals surface area contributed by atoms with Crippen molar-refractivity contribution < 1.29 is 0 Å². The summed E-state index contributed by atoms with van der Waals surface area (Å²) in [5, 5.41) is 4.36. The monoisotopic (exact) mass is 209 g/mol. The molecule has 0 aromatic heterocycles. The second-order valence-corrected chi connectivity index (χ2v) is 4.42. The fraction of sp³-hybridized carbons (Fsp3) is 0.500. The SMILES string of the molecule is Cc1cccc(Cl)c1[C@H]1CCCNC1. The smallest absolute Gasteiger partial charge is 0.0443 e. The van der Waals surface area contributed by atoms with Gasteiger partial charge in [-0.05, 0) is 49.4 Å². The van der Waals surface area contributed by atoms with E-state index in [1.165, 1.54) is 24.0 Å². The number of hydrogen-bond donors (Lipinski definition) is 1. The quantitative estimate of drug-likeness (QED) is 0.750. The summed E-state index contributed by atoms with van der Waals surface area (Å²) in [5.74, 6) is 0.609. The Bertz CT molecular complexity index is 296. The Labute approximate surface area is 90.5 Å². The molecule has 0 radical (unpaired) electrons. The van der Waals surface area contributed by atoms with Crippen LogP contribution in [0.25, 0.3) is 0 Å². The van der Waals surface area contributed by atoms with Gasteiger partial charge in [-0.25, -0.2) is 0 Å². The summed E-state index contributed by atoms with van der Waals surface area (Å²) in [5.41, 5.74) is 2.67. The van der Waals surface area contributed by atoms with Crippen LogP contribution in [0.3, 0.4) is 0 Å². The Hall–Kier alpha value is -0.530. The highest BCUT2D eigenvalue weighted by molar-refractivity contribution is 6.31. The number of benzene rings is 1. The average molecular weight is 210 g/mol. The number of nitrogens with one attached hydrogen (secondary N) is 1. The molecule has 1 fully saturated rings. The minimum Gasteiger partial charge on any atom is -0.316 e. The van der Waals surface area contributed by atoms with Gasteiger partial charge in [0.25, 0.3) is 0 Å². The minimum absolute atomic E-state index is 0.609. The Morgan fingerprint density at radius 3 is 2.93 bits per heavy atom. The molecule has 1 aliphatic rings. The van der Waals surface area contributed by atoms with Crippen LogP contribution in [0, 0.1) is 6.92 Å². The van der Waals surface area contributed by atoms with E-state index in [1.54, 1.807) is 0 Å². The number of aryl methyl sites for hydroxylation is 1. The van der Waals surface area contributed by atoms with Gasteiger partial charge in [-0.15, -0.1) is 0 Å². The van der Waals surface area contributed by atoms with Crippen molar-refractivity contribution in [2.24, 2.45) is 0 Å². The van der Waals surface area contributed by atoms with Crippen molar-refractivity contribution in [1.82, 2.24) is 5.32 Å². The topological polar surface area (TPSA) is 12.0 Å². The molecule has 1 atom stereocenters. The Kier molecular flexibility index (Phi) is 3.09. The van der Waals surface area contributed by atoms with Gasteiger partial charge in [0.05, 0.1) is 0 Å². The Morgan fingerprint density at radius 2 is 2.29 bits per heavy atom. The van der Waals surface area contributed by atoms with Crippen molar-refractivity contribution in [2.75, 3.05) is 13.1 Å². The van der Waals surface area contributed by atoms with E-state index in [4.69, 9.17) is 11.6 Å². The highest BCUT2D eigenvalue weighted by atomic mass is 35.5. The third-order valence-corrected chi connectivity index (χ3v) is 3.31. The van der Waals surface area contributed by atoms with Crippen LogP contribution in [0.5, 0.6) is 0 Å². The lowest BCUT2D eigenvalue weighted by molar-refractivity contribution is 0.460. The molecule has 2 rings (SSSR count). The van der Waals surface area contributed by atoms with Gasteiger partial charge in [0, 0.05) is 11.6 Å². The van der Waals surface area contributed by atoms with Crippen LogP contribution in [0.15, 0.2) is 18.2 Å². The van der Waals surface area contributed by atoms with E-state index in [0.29, 0.717) is 5.92 Å². The largest absolute Gasteiger partial charge is 0.316 e. The molecule has 0 unspecified atom stereocenters. The predicted octanol–water partition coefficient (Wildman–Crippen LogP) is 3.12. The fourth-order valence-electron chi connectivity index (χ4n) is 2.26. The molecule has 76 valence electrons. The highest BCUT2D eigenvalue weighted by Crippen LogP contribution is 2.31. The lowest BCUT2D eigenvalue weighted by Gasteiger charge is -2.25. The molecule has 2 heteroatoms. The van der Waals surface area contributed by atoms with Crippen LogP contribution in [0.2, 0.25) is 5.02 Å². The number of piperidine rings is 1. The molecule has 1 N–H and O–H groups in total. The summed E-state index contributed by atoms with van der Waals surface area (Å²) in [6.07, 6.45) is 2.52. The molecule has 0 saturated carbocycles. The summed E-state index contributed by atoms with van der Waals surface area (Å²) in [7, 11) is 0. The van der Waals surface area contributed by atoms with E-state index < -0.39 is 0 Å². The number of hydrogen-bond acceptors (Lipinski definition) is 1. The van der Waals surface area contributed by atoms with E-state index in [-0.39, 0.29) is 0 Å². The van der Waals surface area contributed by atoms with Gasteiger partial charge >= 0.3 is 0 Å². The molecular formula is C12H16ClN. The first-order chi connectivity index (χ1) is 6.79. The number of rotatable bonds is 1. The summed E-state index contributed by atoms with van der Waals surface area (Å²) < 4.78 is 0. The lowest BCUT2D eigenvalue weighted by atomic mass is 9.89. The van der Waals surface area contributed by atoms with Crippen LogP contribution in [-0.2, 0) is 0 Å². The standard InChI is InChI=1S/C12H16ClN/c1-9-4-2-6-11(13)12(9)10-5-3-7-14-8-10/h2,4,6,10,14H,3,5,7-8H2,1H3/t10-/m0/s1. The Morgan fingerprint density at radius 1 is 1.43 bits per heavy atom. The normalized spacial score (nSPS) is 22.3. The van der Waals surface area contributed by atoms with Gasteiger partial charge in [-0.2, -0.15) is 0 Å². The molecule has 1 saturated heterocycles. The average Bonchev–Trinajstić information content (AvgIpc) is 2.19. The third kappa shape index (κ3) is 1.94. The molecule has 0 amide bonds. The van der Waals surface area contributed by atoms with Gasteiger partial charge in [0.15, 0.2) is 0 Å². The van der Waals surface area contributed by atoms with E-state index in [2.05, 4.69) is 18.3 Å². The molecule has 0 spiro atoms. The first-order valence-electron chi connectivity index (χ1n) is 5.25. The van der Waals surface area contributed by atoms with Crippen LogP contribution < -0.4 is 5.32 Å². The third-order valence-electron chi connectivity index (χ3n) is 2.98. The molecule has 1 aliphatic heterocycles. The highest BCUT2D eigenvalue weighted by Gasteiger charge is 2.18. The maximum Gasteiger partial charge on any atom is 0.0443 e. The number of halogens is 1. The molecule has 0 bridgehead atoms. The maximum atomic E-state index is 6.24. The van der Waals surface area contributed by atoms with Gasteiger partial charge in [-0.1, -0.05) is 23.7 Å². The van der Waals surface area contributed by atoms with Crippen molar-refractivity contribution in [3.05, 3.63) is 34.3 Å². The van der Waals surface area contributed by atoms with Crippen molar-refractivity contribution in [2.45, 2.75) is 25.7 Å². The van der Waals surface area contributed by atoms with E-state index in [0.717, 1.165) is 18.1 Å². The van der Waals surface area contributed by atoms with E-state index in [9.17, 15) is 0 Å². The maximum absolute atomic E-state index is 6.24. The molecule has 1 heterocycles. The summed E-state index contributed by atoms with van der Waals surface area (Å²) >= 11 is 6.24. The van der Waals surface area contributed by atoms with Crippen molar-refractivity contribution in [1.29, 1.82) is 0 Å². The van der Waals surface area contributed by atoms with E-state index in [1.807, 2.05) is 12.1 Å². The predicted molar refractivity (Wildman–Crippen MR) is 61.0 cm³/mol. The van der Waals surface area contributed by atoms with Crippen LogP contribution >= 0.6 is 11.6 Å². The van der Waals surface area contributed by atoms with Crippen molar-refractivity contribution in [3.63, 3.8) is 0 Å². The van der Waals surface area contributed by atoms with Crippen LogP contribution in [0.1, 0.15) is 29.9 Å². The fourth-order valence-corrected chi connectivity index (χ4v) is 2.64. The van der Waals surface area contributed by atoms with E-state index >= 15 is 0 Å². The zero-order valence-electron chi connectivity index (χ0n) is 8.52. The molecule has 1 aromatic rings. The molecular weight excluding hydrogens is 194 g/mol. The van der Waals surface area contributed by atoms with Gasteiger partial charge in [0.1, 0.15) is 0 Å². The van der Waals surface area contributed by atoms with Crippen LogP contribution in [0.4, 0.5) is 0 Å². The van der Waals surface area contributed by atoms with Gasteiger partial charge in [0.2, 0.25) is 0 Å². The second kappa shape index (κ2) is 4.33. The Balaban J connectivity index is 2.29. The van der Waals surface area contributed by atoms with Crippen molar-refractivity contribution >= 4 is 11.6 Å². The minimum atomic E-state index is 0.609. The first kappa shape index (κ1) is 10.0. The zero-order chi connectivity index (χ0) is 9.97. The van der Waals surface area contributed by atoms with Gasteiger partial charge in [-0.3, -0.25) is 0 Å². The second-order valence-electron chi connectivity index (χ2n) is 4.01. The summed E-state index contributed by atoms with van der Waals surface area (Å²) in [6, 6.07) is 6.17. The zero-order valence-corrected chi connectivity index (χ0v) is 9.27. The summed E-state index contributed by atoms with van der Waals surface area (Å²) in [6.45, 7) is 4.38.